The van der Waals surface area contributed by atoms with Gasteiger partial charge in [0.1, 0.15) is 22.8 Å². The number of piperazine rings is 1. The van der Waals surface area contributed by atoms with Crippen molar-refractivity contribution in [2.75, 3.05) is 38.3 Å². The summed E-state index contributed by atoms with van der Waals surface area (Å²) in [5.74, 6) is 2.40. The zero-order chi connectivity index (χ0) is 26.8. The van der Waals surface area contributed by atoms with Gasteiger partial charge in [0.25, 0.3) is 5.56 Å². The Morgan fingerprint density at radius 3 is 2.59 bits per heavy atom. The molecular weight excluding hydrogens is 501 g/mol. The van der Waals surface area contributed by atoms with Crippen molar-refractivity contribution in [3.8, 4) is 35.4 Å². The SMILES string of the molecule is C#Cc1c(F)ccc2cc(O)cc(-c3cc4nc(OC)nc(N5CC6CCC(C5)N6)c4c(=O)n3C3COC3)c12. The summed E-state index contributed by atoms with van der Waals surface area (Å²) in [6.07, 6.45) is 7.89. The number of aromatic nitrogens is 3. The summed E-state index contributed by atoms with van der Waals surface area (Å²) in [5.41, 5.74) is 1.06. The maximum Gasteiger partial charge on any atom is 0.318 e. The number of fused-ring (bicyclic) bond motifs is 4. The third-order valence-corrected chi connectivity index (χ3v) is 8.02. The molecule has 3 fully saturated rings. The summed E-state index contributed by atoms with van der Waals surface area (Å²) >= 11 is 0. The molecule has 2 aromatic heterocycles. The second-order valence-electron chi connectivity index (χ2n) is 10.4. The molecular formula is C29H26FN5O4. The second-order valence-corrected chi connectivity index (χ2v) is 10.4. The average molecular weight is 528 g/mol. The number of rotatable bonds is 4. The van der Waals surface area contributed by atoms with E-state index in [-0.39, 0.29) is 28.9 Å². The van der Waals surface area contributed by atoms with Crippen LogP contribution in [-0.2, 0) is 4.74 Å². The molecule has 2 bridgehead atoms. The molecule has 7 rings (SSSR count). The zero-order valence-corrected chi connectivity index (χ0v) is 21.3. The lowest BCUT2D eigenvalue weighted by molar-refractivity contribution is -0.0238. The fourth-order valence-corrected chi connectivity index (χ4v) is 6.18. The van der Waals surface area contributed by atoms with Gasteiger partial charge in [-0.2, -0.15) is 9.97 Å². The van der Waals surface area contributed by atoms with Gasteiger partial charge >= 0.3 is 6.01 Å². The highest BCUT2D eigenvalue weighted by atomic mass is 19.1. The number of aromatic hydroxyl groups is 1. The molecule has 3 saturated heterocycles. The van der Waals surface area contributed by atoms with Crippen LogP contribution in [0.3, 0.4) is 0 Å². The van der Waals surface area contributed by atoms with E-state index in [4.69, 9.17) is 15.9 Å². The smallest absolute Gasteiger partial charge is 0.318 e. The minimum Gasteiger partial charge on any atom is -0.508 e. The van der Waals surface area contributed by atoms with E-state index in [1.807, 2.05) is 0 Å². The standard InChI is InChI=1S/C29H26FN5O4/c1-3-20-22(30)7-4-15-8-19(36)9-21(25(15)20)24-10-23-26(28(37)35(24)18-13-39-14-18)27(33-29(32-23)38-2)34-11-16-5-6-17(12-34)31-16/h1,4,7-10,16-18,31,36H,5-6,11-14H2,2H3. The number of halogens is 1. The number of pyridine rings is 1. The van der Waals surface area contributed by atoms with Crippen LogP contribution in [0.4, 0.5) is 10.2 Å². The maximum absolute atomic E-state index is 14.9. The second kappa shape index (κ2) is 8.93. The summed E-state index contributed by atoms with van der Waals surface area (Å²) in [6, 6.07) is 8.20. The highest BCUT2D eigenvalue weighted by Gasteiger charge is 2.35. The van der Waals surface area contributed by atoms with Crippen molar-refractivity contribution in [3.63, 3.8) is 0 Å². The van der Waals surface area contributed by atoms with Crippen LogP contribution in [0.5, 0.6) is 11.8 Å². The average Bonchev–Trinajstić information content (AvgIpc) is 3.25. The van der Waals surface area contributed by atoms with Crippen molar-refractivity contribution in [1.29, 1.82) is 0 Å². The molecule has 0 amide bonds. The van der Waals surface area contributed by atoms with Crippen molar-refractivity contribution < 1.29 is 19.0 Å². The van der Waals surface area contributed by atoms with Crippen LogP contribution in [0.2, 0.25) is 0 Å². The van der Waals surface area contributed by atoms with E-state index < -0.39 is 5.82 Å². The zero-order valence-electron chi connectivity index (χ0n) is 21.3. The van der Waals surface area contributed by atoms with E-state index in [0.717, 1.165) is 25.9 Å². The van der Waals surface area contributed by atoms with Gasteiger partial charge in [-0.3, -0.25) is 9.36 Å². The molecule has 0 spiro atoms. The number of phenols is 1. The fourth-order valence-electron chi connectivity index (χ4n) is 6.18. The van der Waals surface area contributed by atoms with E-state index in [1.54, 1.807) is 16.7 Å². The van der Waals surface area contributed by atoms with Gasteiger partial charge in [0.15, 0.2) is 0 Å². The Bertz CT molecular complexity index is 1750. The molecule has 0 aliphatic carbocycles. The van der Waals surface area contributed by atoms with E-state index in [0.29, 0.717) is 64.0 Å². The molecule has 10 heteroatoms. The van der Waals surface area contributed by atoms with E-state index in [1.165, 1.54) is 25.3 Å². The molecule has 2 unspecified atom stereocenters. The molecule has 39 heavy (non-hydrogen) atoms. The number of nitrogens with one attached hydrogen (secondary N) is 1. The summed E-state index contributed by atoms with van der Waals surface area (Å²) in [6.45, 7) is 2.13. The molecule has 5 heterocycles. The minimum absolute atomic E-state index is 0.0340. The van der Waals surface area contributed by atoms with Gasteiger partial charge < -0.3 is 24.8 Å². The first-order chi connectivity index (χ1) is 18.9. The van der Waals surface area contributed by atoms with Crippen LogP contribution in [0, 0.1) is 18.2 Å². The lowest BCUT2D eigenvalue weighted by Gasteiger charge is -2.35. The first kappa shape index (κ1) is 23.9. The predicted octanol–water partition coefficient (Wildman–Crippen LogP) is 2.96. The van der Waals surface area contributed by atoms with Crippen LogP contribution < -0.4 is 20.5 Å². The van der Waals surface area contributed by atoms with E-state index >= 15 is 0 Å². The number of benzene rings is 2. The Hall–Kier alpha value is -4.20. The number of hydrogen-bond donors (Lipinski definition) is 2. The lowest BCUT2D eigenvalue weighted by Crippen LogP contribution is -2.51. The largest absolute Gasteiger partial charge is 0.508 e. The van der Waals surface area contributed by atoms with Crippen molar-refractivity contribution in [1.82, 2.24) is 19.9 Å². The van der Waals surface area contributed by atoms with Crippen molar-refractivity contribution >= 4 is 27.5 Å². The van der Waals surface area contributed by atoms with Gasteiger partial charge in [0.05, 0.1) is 43.1 Å². The maximum atomic E-state index is 14.9. The number of phenolic OH excluding ortho intramolecular Hbond substituents is 1. The molecule has 2 N–H and O–H groups in total. The van der Waals surface area contributed by atoms with Crippen molar-refractivity contribution in [2.24, 2.45) is 0 Å². The van der Waals surface area contributed by atoms with Gasteiger partial charge in [-0.15, -0.1) is 6.42 Å². The fraction of sp³-hybridized carbons (Fsp3) is 0.345. The normalized spacial score (nSPS) is 20.8. The summed E-state index contributed by atoms with van der Waals surface area (Å²) < 4.78 is 27.4. The molecule has 4 aromatic rings. The molecule has 9 nitrogen and oxygen atoms in total. The molecule has 3 aliphatic rings. The quantitative estimate of drug-likeness (QED) is 0.391. The Kier molecular flexibility index (Phi) is 5.47. The summed E-state index contributed by atoms with van der Waals surface area (Å²) in [7, 11) is 1.49. The van der Waals surface area contributed by atoms with Crippen LogP contribution in [-0.4, -0.2) is 65.1 Å². The number of ether oxygens (including phenoxy) is 2. The summed E-state index contributed by atoms with van der Waals surface area (Å²) in [4.78, 5) is 25.8. The van der Waals surface area contributed by atoms with Crippen LogP contribution >= 0.6 is 0 Å². The highest BCUT2D eigenvalue weighted by Crippen LogP contribution is 2.39. The van der Waals surface area contributed by atoms with Crippen LogP contribution in [0.15, 0.2) is 35.1 Å². The number of anilines is 1. The third kappa shape index (κ3) is 3.72. The number of terminal acetylenes is 1. The lowest BCUT2D eigenvalue weighted by atomic mass is 9.95. The van der Waals surface area contributed by atoms with Gasteiger partial charge in [-0.1, -0.05) is 12.0 Å². The Morgan fingerprint density at radius 1 is 1.15 bits per heavy atom. The molecule has 3 aliphatic heterocycles. The number of nitrogens with zero attached hydrogens (tertiary/aromatic N) is 4. The predicted molar refractivity (Wildman–Crippen MR) is 145 cm³/mol. The van der Waals surface area contributed by atoms with Gasteiger partial charge in [-0.05, 0) is 42.5 Å². The van der Waals surface area contributed by atoms with Crippen LogP contribution in [0.1, 0.15) is 24.4 Å². The number of methoxy groups -OCH3 is 1. The minimum atomic E-state index is -0.557. The highest BCUT2D eigenvalue weighted by molar-refractivity contribution is 6.03. The first-order valence-electron chi connectivity index (χ1n) is 13.0. The molecule has 2 atom stereocenters. The summed E-state index contributed by atoms with van der Waals surface area (Å²) in [5, 5.41) is 15.6. The molecule has 0 radical (unpaired) electrons. The number of hydrogen-bond acceptors (Lipinski definition) is 8. The van der Waals surface area contributed by atoms with Crippen molar-refractivity contribution in [3.05, 3.63) is 52.1 Å². The van der Waals surface area contributed by atoms with Crippen molar-refractivity contribution in [2.45, 2.75) is 31.0 Å². The molecule has 2 aromatic carbocycles. The van der Waals surface area contributed by atoms with Gasteiger partial charge in [-0.25, -0.2) is 4.39 Å². The first-order valence-corrected chi connectivity index (χ1v) is 13.0. The topological polar surface area (TPSA) is 102 Å². The monoisotopic (exact) mass is 527 g/mol. The van der Waals surface area contributed by atoms with Gasteiger partial charge in [0, 0.05) is 36.1 Å². The Balaban J connectivity index is 1.55. The molecule has 198 valence electrons. The molecule has 0 saturated carbocycles. The Morgan fingerprint density at radius 2 is 1.92 bits per heavy atom. The third-order valence-electron chi connectivity index (χ3n) is 8.02. The van der Waals surface area contributed by atoms with Crippen LogP contribution in [0.25, 0.3) is 32.9 Å². The Labute approximate surface area is 223 Å². The van der Waals surface area contributed by atoms with E-state index in [9.17, 15) is 14.3 Å². The van der Waals surface area contributed by atoms with E-state index in [2.05, 4.69) is 26.1 Å². The van der Waals surface area contributed by atoms with Gasteiger partial charge in [0.2, 0.25) is 0 Å².